The summed E-state index contributed by atoms with van der Waals surface area (Å²) in [5, 5.41) is 1.36. The topological polar surface area (TPSA) is 29.1 Å². The molecule has 0 saturated heterocycles. The number of hydrogen-bond acceptors (Lipinski definition) is 1. The quantitative estimate of drug-likeness (QED) is 0.653. The number of carbonyl (C=O) groups is 1. The van der Waals surface area contributed by atoms with Crippen molar-refractivity contribution in [2.45, 2.75) is 50.6 Å². The molecule has 0 atom stereocenters. The molecule has 1 amide bonds. The lowest BCUT2D eigenvalue weighted by molar-refractivity contribution is -0.388. The molecule has 0 fully saturated rings. The second kappa shape index (κ2) is 6.66. The van der Waals surface area contributed by atoms with Crippen LogP contribution in [0.2, 0.25) is 0 Å². The zero-order valence-electron chi connectivity index (χ0n) is 13.6. The van der Waals surface area contributed by atoms with Crippen LogP contribution in [-0.2, 0) is 4.79 Å². The van der Waals surface area contributed by atoms with Crippen LogP contribution in [0.4, 0.5) is 45.2 Å². The summed E-state index contributed by atoms with van der Waals surface area (Å²) in [6.45, 7) is 4.44. The molecule has 1 aromatic rings. The largest absolute Gasteiger partial charge is 0.460 e. The van der Waals surface area contributed by atoms with Gasteiger partial charge in [-0.3, -0.25) is 4.79 Å². The molecule has 0 radical (unpaired) electrons. The first-order valence-electron chi connectivity index (χ1n) is 7.09. The predicted octanol–water partition coefficient (Wildman–Crippen LogP) is 5.53. The Morgan fingerprint density at radius 2 is 1.42 bits per heavy atom. The van der Waals surface area contributed by atoms with Crippen LogP contribution in [0.3, 0.4) is 0 Å². The van der Waals surface area contributed by atoms with Crippen LogP contribution in [0.5, 0.6) is 0 Å². The number of hydrogen-bond donors (Lipinski definition) is 1. The molecule has 0 aliphatic carbocycles. The highest BCUT2D eigenvalue weighted by atomic mass is 19.4. The molecule has 1 N–H and O–H groups in total. The minimum absolute atomic E-state index is 0.131. The maximum absolute atomic E-state index is 13.6. The maximum atomic E-state index is 13.6. The Morgan fingerprint density at radius 1 is 0.923 bits per heavy atom. The number of halogens is 9. The van der Waals surface area contributed by atoms with E-state index in [0.29, 0.717) is 0 Å². The van der Waals surface area contributed by atoms with Gasteiger partial charge in [-0.25, -0.2) is 0 Å². The van der Waals surface area contributed by atoms with Crippen molar-refractivity contribution in [2.24, 2.45) is 0 Å². The summed E-state index contributed by atoms with van der Waals surface area (Å²) in [7, 11) is 0. The van der Waals surface area contributed by atoms with Gasteiger partial charge in [0.1, 0.15) is 0 Å². The van der Waals surface area contributed by atoms with Crippen molar-refractivity contribution in [1.29, 1.82) is 0 Å². The zero-order valence-corrected chi connectivity index (χ0v) is 13.6. The van der Waals surface area contributed by atoms with Crippen molar-refractivity contribution in [2.75, 3.05) is 5.32 Å². The molecule has 0 saturated carbocycles. The van der Waals surface area contributed by atoms with Crippen LogP contribution < -0.4 is 5.32 Å². The van der Waals surface area contributed by atoms with Crippen LogP contribution in [0.25, 0.3) is 0 Å². The van der Waals surface area contributed by atoms with Gasteiger partial charge in [0.25, 0.3) is 0 Å². The smallest absolute Gasteiger partial charge is 0.320 e. The molecular weight excluding hydrogens is 381 g/mol. The van der Waals surface area contributed by atoms with Crippen molar-refractivity contribution >= 4 is 11.6 Å². The zero-order chi connectivity index (χ0) is 20.7. The van der Waals surface area contributed by atoms with Crippen molar-refractivity contribution in [3.8, 4) is 0 Å². The Bertz CT molecular complexity index is 680. The van der Waals surface area contributed by atoms with Gasteiger partial charge >= 0.3 is 29.9 Å². The first-order valence-corrected chi connectivity index (χ1v) is 7.09. The van der Waals surface area contributed by atoms with E-state index in [4.69, 9.17) is 0 Å². The molecule has 0 aliphatic heterocycles. The summed E-state index contributed by atoms with van der Waals surface area (Å²) < 4.78 is 116. The molecule has 148 valence electrons. The molecule has 0 unspecified atom stereocenters. The minimum atomic E-state index is -7.12. The summed E-state index contributed by atoms with van der Waals surface area (Å²) in [5.74, 6) is -23.8. The fourth-order valence-electron chi connectivity index (χ4n) is 2.05. The molecule has 0 heterocycles. The Kier molecular flexibility index (Phi) is 5.66. The van der Waals surface area contributed by atoms with Gasteiger partial charge in [0, 0.05) is 5.69 Å². The Balaban J connectivity index is 3.33. The number of aryl methyl sites for hydroxylation is 1. The highest BCUT2D eigenvalue weighted by Crippen LogP contribution is 2.53. The molecule has 26 heavy (non-hydrogen) atoms. The van der Waals surface area contributed by atoms with Gasteiger partial charge in [0.15, 0.2) is 0 Å². The third kappa shape index (κ3) is 3.48. The van der Waals surface area contributed by atoms with Gasteiger partial charge < -0.3 is 5.32 Å². The van der Waals surface area contributed by atoms with E-state index in [1.54, 1.807) is 13.8 Å². The number of alkyl halides is 9. The van der Waals surface area contributed by atoms with Gasteiger partial charge in [-0.2, -0.15) is 39.5 Å². The molecular formula is C15H14F9NO. The summed E-state index contributed by atoms with van der Waals surface area (Å²) in [5.41, 5.74) is -0.0235. The van der Waals surface area contributed by atoms with Crippen molar-refractivity contribution < 1.29 is 44.3 Å². The maximum Gasteiger partial charge on any atom is 0.460 e. The molecule has 2 nitrogen and oxygen atoms in total. The van der Waals surface area contributed by atoms with Crippen LogP contribution in [0.1, 0.15) is 30.9 Å². The number of para-hydroxylation sites is 1. The normalized spacial score (nSPS) is 13.9. The highest BCUT2D eigenvalue weighted by molar-refractivity contribution is 5.98. The van der Waals surface area contributed by atoms with Crippen LogP contribution in [-0.4, -0.2) is 29.9 Å². The SMILES string of the molecule is Cc1cccc(C(C)C)c1NC(=O)C(F)(F)C(F)(F)C(F)(F)C(F)(F)F. The number of rotatable bonds is 5. The molecule has 0 aliphatic rings. The first kappa shape index (κ1) is 22.1. The Hall–Kier alpha value is -1.94. The van der Waals surface area contributed by atoms with Gasteiger partial charge in [0.2, 0.25) is 0 Å². The van der Waals surface area contributed by atoms with Crippen LogP contribution >= 0.6 is 0 Å². The van der Waals surface area contributed by atoms with Gasteiger partial charge in [0.05, 0.1) is 0 Å². The van der Waals surface area contributed by atoms with Crippen molar-refractivity contribution in [3.63, 3.8) is 0 Å². The van der Waals surface area contributed by atoms with Crippen LogP contribution in [0.15, 0.2) is 18.2 Å². The van der Waals surface area contributed by atoms with E-state index in [1.165, 1.54) is 30.4 Å². The van der Waals surface area contributed by atoms with Crippen molar-refractivity contribution in [1.82, 2.24) is 0 Å². The average Bonchev–Trinajstić information content (AvgIpc) is 2.47. The summed E-state index contributed by atoms with van der Waals surface area (Å²) in [4.78, 5) is 11.5. The van der Waals surface area contributed by atoms with E-state index in [0.717, 1.165) is 0 Å². The lowest BCUT2D eigenvalue weighted by Gasteiger charge is -2.33. The van der Waals surface area contributed by atoms with Gasteiger partial charge in [-0.15, -0.1) is 0 Å². The van der Waals surface area contributed by atoms with Crippen molar-refractivity contribution in [3.05, 3.63) is 29.3 Å². The van der Waals surface area contributed by atoms with E-state index in [2.05, 4.69) is 0 Å². The Morgan fingerprint density at radius 3 is 1.85 bits per heavy atom. The number of amides is 1. The highest BCUT2D eigenvalue weighted by Gasteiger charge is 2.83. The predicted molar refractivity (Wildman–Crippen MR) is 74.8 cm³/mol. The molecule has 1 aromatic carbocycles. The number of benzene rings is 1. The monoisotopic (exact) mass is 395 g/mol. The lowest BCUT2D eigenvalue weighted by Crippen LogP contribution is -2.64. The molecule has 11 heteroatoms. The number of nitrogens with one attached hydrogen (secondary N) is 1. The fourth-order valence-corrected chi connectivity index (χ4v) is 2.05. The number of carbonyl (C=O) groups excluding carboxylic acids is 1. The Labute approximate surface area is 142 Å². The van der Waals surface area contributed by atoms with E-state index < -0.39 is 35.8 Å². The summed E-state index contributed by atoms with van der Waals surface area (Å²) in [6.07, 6.45) is -6.98. The van der Waals surface area contributed by atoms with E-state index in [9.17, 15) is 44.3 Å². The molecule has 0 spiro atoms. The lowest BCUT2D eigenvalue weighted by atomic mass is 9.97. The third-order valence-corrected chi connectivity index (χ3v) is 3.60. The van der Waals surface area contributed by atoms with Crippen LogP contribution in [0, 0.1) is 6.92 Å². The van der Waals surface area contributed by atoms with E-state index >= 15 is 0 Å². The summed E-state index contributed by atoms with van der Waals surface area (Å²) >= 11 is 0. The van der Waals surface area contributed by atoms with E-state index in [-0.39, 0.29) is 16.8 Å². The van der Waals surface area contributed by atoms with Gasteiger partial charge in [-0.05, 0) is 24.0 Å². The molecule has 0 bridgehead atoms. The average molecular weight is 395 g/mol. The van der Waals surface area contributed by atoms with E-state index in [1.807, 2.05) is 0 Å². The fraction of sp³-hybridized carbons (Fsp3) is 0.533. The van der Waals surface area contributed by atoms with Gasteiger partial charge in [-0.1, -0.05) is 32.0 Å². The first-order chi connectivity index (χ1) is 11.5. The number of anilines is 1. The second-order valence-corrected chi connectivity index (χ2v) is 5.87. The third-order valence-electron chi connectivity index (χ3n) is 3.60. The molecule has 0 aromatic heterocycles. The standard InChI is InChI=1S/C15H14F9NO/c1-7(2)9-6-4-5-8(3)10(9)25-11(26)12(16,17)13(18,19)14(20,21)15(22,23)24/h4-7H,1-3H3,(H,25,26). The summed E-state index contributed by atoms with van der Waals surface area (Å²) in [6, 6.07) is 4.13. The minimum Gasteiger partial charge on any atom is -0.320 e. The second-order valence-electron chi connectivity index (χ2n) is 5.87. The molecule has 1 rings (SSSR count).